The summed E-state index contributed by atoms with van der Waals surface area (Å²) in [7, 11) is 0. The van der Waals surface area contributed by atoms with Gasteiger partial charge in [0.25, 0.3) is 0 Å². The number of likely N-dealkylation sites (tertiary alicyclic amines) is 1. The van der Waals surface area contributed by atoms with E-state index in [-0.39, 0.29) is 17.8 Å². The zero-order valence-electron chi connectivity index (χ0n) is 12.9. The van der Waals surface area contributed by atoms with Gasteiger partial charge in [-0.1, -0.05) is 41.4 Å². The number of carbonyl (C=O) groups excluding carboxylic acids is 2. The van der Waals surface area contributed by atoms with Crippen molar-refractivity contribution in [3.63, 3.8) is 0 Å². The molecule has 1 aromatic carbocycles. The fourth-order valence-electron chi connectivity index (χ4n) is 2.57. The summed E-state index contributed by atoms with van der Waals surface area (Å²) in [5.41, 5.74) is 0.743. The molecular formula is C17H22BrNO3. The Morgan fingerprint density at radius 2 is 1.86 bits per heavy atom. The summed E-state index contributed by atoms with van der Waals surface area (Å²) >= 11 is 3.37. The van der Waals surface area contributed by atoms with E-state index in [9.17, 15) is 9.59 Å². The van der Waals surface area contributed by atoms with Gasteiger partial charge in [-0.2, -0.15) is 0 Å². The second-order valence-electron chi connectivity index (χ2n) is 5.60. The van der Waals surface area contributed by atoms with Crippen molar-refractivity contribution in [1.82, 2.24) is 4.90 Å². The lowest BCUT2D eigenvalue weighted by atomic mass is 9.89. The van der Waals surface area contributed by atoms with Gasteiger partial charge >= 0.3 is 6.09 Å². The lowest BCUT2D eigenvalue weighted by Gasteiger charge is -2.30. The van der Waals surface area contributed by atoms with E-state index in [1.807, 2.05) is 24.3 Å². The number of carbonyl (C=O) groups is 2. The first-order chi connectivity index (χ1) is 10.6. The molecule has 4 nitrogen and oxygen atoms in total. The number of ketones is 1. The van der Waals surface area contributed by atoms with Gasteiger partial charge in [0.15, 0.2) is 5.78 Å². The number of piperidine rings is 1. The first-order valence-corrected chi connectivity index (χ1v) is 8.62. The average Bonchev–Trinajstić information content (AvgIpc) is 2.55. The number of hydrogen-bond acceptors (Lipinski definition) is 3. The van der Waals surface area contributed by atoms with Gasteiger partial charge in [0.1, 0.15) is 0 Å². The third-order valence-electron chi connectivity index (χ3n) is 3.98. The van der Waals surface area contributed by atoms with Crippen LogP contribution >= 0.6 is 15.9 Å². The van der Waals surface area contributed by atoms with Crippen LogP contribution in [0.5, 0.6) is 0 Å². The lowest BCUT2D eigenvalue weighted by molar-refractivity contribution is 0.0734. The number of hydrogen-bond donors (Lipinski definition) is 0. The van der Waals surface area contributed by atoms with Gasteiger partial charge in [0.05, 0.1) is 6.61 Å². The average molecular weight is 368 g/mol. The molecule has 0 N–H and O–H groups in total. The fourth-order valence-corrected chi connectivity index (χ4v) is 2.83. The molecule has 0 saturated carbocycles. The van der Waals surface area contributed by atoms with E-state index in [2.05, 4.69) is 22.9 Å². The highest BCUT2D eigenvalue weighted by Gasteiger charge is 2.28. The Hall–Kier alpha value is -1.36. The van der Waals surface area contributed by atoms with E-state index in [0.29, 0.717) is 32.5 Å². The molecular weight excluding hydrogens is 346 g/mol. The molecule has 0 bridgehead atoms. The molecule has 1 heterocycles. The van der Waals surface area contributed by atoms with E-state index in [0.717, 1.165) is 22.9 Å². The van der Waals surface area contributed by atoms with Gasteiger partial charge in [-0.3, -0.25) is 4.79 Å². The zero-order valence-corrected chi connectivity index (χ0v) is 14.5. The molecule has 0 unspecified atom stereocenters. The molecule has 1 aromatic rings. The second kappa shape index (κ2) is 8.32. The fraction of sp³-hybridized carbons (Fsp3) is 0.529. The molecule has 2 rings (SSSR count). The zero-order chi connectivity index (χ0) is 15.9. The molecule has 1 saturated heterocycles. The molecule has 22 heavy (non-hydrogen) atoms. The van der Waals surface area contributed by atoms with Crippen LogP contribution in [0.15, 0.2) is 28.7 Å². The largest absolute Gasteiger partial charge is 0.449 e. The summed E-state index contributed by atoms with van der Waals surface area (Å²) in [6, 6.07) is 7.45. The van der Waals surface area contributed by atoms with E-state index in [1.165, 1.54) is 0 Å². The number of ether oxygens (including phenoxy) is 1. The third kappa shape index (κ3) is 4.57. The van der Waals surface area contributed by atoms with Gasteiger partial charge in [-0.25, -0.2) is 4.79 Å². The van der Waals surface area contributed by atoms with Crippen molar-refractivity contribution in [3.05, 3.63) is 34.3 Å². The molecule has 0 radical (unpaired) electrons. The molecule has 1 aliphatic heterocycles. The maximum absolute atomic E-state index is 12.4. The Kier molecular flexibility index (Phi) is 6.43. The lowest BCUT2D eigenvalue weighted by Crippen LogP contribution is -2.40. The van der Waals surface area contributed by atoms with Crippen molar-refractivity contribution in [1.29, 1.82) is 0 Å². The predicted molar refractivity (Wildman–Crippen MR) is 89.0 cm³/mol. The summed E-state index contributed by atoms with van der Waals surface area (Å²) in [6.45, 7) is 3.73. The van der Waals surface area contributed by atoms with Crippen molar-refractivity contribution in [2.24, 2.45) is 5.92 Å². The summed E-state index contributed by atoms with van der Waals surface area (Å²) in [6.07, 6.45) is 3.07. The highest BCUT2D eigenvalue weighted by molar-refractivity contribution is 9.10. The highest BCUT2D eigenvalue weighted by Crippen LogP contribution is 2.23. The van der Waals surface area contributed by atoms with Crippen LogP contribution in [0.4, 0.5) is 4.79 Å². The Balaban J connectivity index is 1.82. The van der Waals surface area contributed by atoms with Crippen LogP contribution in [-0.2, 0) is 4.74 Å². The molecule has 0 atom stereocenters. The van der Waals surface area contributed by atoms with Gasteiger partial charge in [-0.15, -0.1) is 0 Å². The Bertz CT molecular complexity index is 507. The molecule has 0 aliphatic carbocycles. The van der Waals surface area contributed by atoms with Crippen LogP contribution in [-0.4, -0.2) is 36.5 Å². The predicted octanol–water partition coefficient (Wildman–Crippen LogP) is 4.28. The quantitative estimate of drug-likeness (QED) is 0.576. The van der Waals surface area contributed by atoms with Gasteiger partial charge in [0, 0.05) is 29.0 Å². The molecule has 1 amide bonds. The van der Waals surface area contributed by atoms with Gasteiger partial charge in [0.2, 0.25) is 0 Å². The normalized spacial score (nSPS) is 15.6. The number of unbranched alkanes of at least 4 members (excludes halogenated alkanes) is 1. The third-order valence-corrected chi connectivity index (χ3v) is 4.50. The van der Waals surface area contributed by atoms with E-state index in [1.54, 1.807) is 4.90 Å². The summed E-state index contributed by atoms with van der Waals surface area (Å²) in [4.78, 5) is 26.0. The minimum Gasteiger partial charge on any atom is -0.449 e. The summed E-state index contributed by atoms with van der Waals surface area (Å²) in [5.74, 6) is 0.173. The number of Topliss-reactive ketones (excluding diaryl/α,β-unsaturated/α-hetero) is 1. The van der Waals surface area contributed by atoms with Crippen LogP contribution in [0.3, 0.4) is 0 Å². The maximum Gasteiger partial charge on any atom is 0.409 e. The van der Waals surface area contributed by atoms with Crippen molar-refractivity contribution < 1.29 is 14.3 Å². The minimum absolute atomic E-state index is 0.000803. The van der Waals surface area contributed by atoms with Crippen LogP contribution < -0.4 is 0 Å². The summed E-state index contributed by atoms with van der Waals surface area (Å²) in [5, 5.41) is 0. The van der Waals surface area contributed by atoms with Crippen LogP contribution in [0.25, 0.3) is 0 Å². The number of halogens is 1. The Morgan fingerprint density at radius 3 is 2.45 bits per heavy atom. The Labute approximate surface area is 140 Å². The smallest absolute Gasteiger partial charge is 0.409 e. The maximum atomic E-state index is 12.4. The van der Waals surface area contributed by atoms with Crippen molar-refractivity contribution >= 4 is 27.8 Å². The van der Waals surface area contributed by atoms with E-state index in [4.69, 9.17) is 4.74 Å². The second-order valence-corrected chi connectivity index (χ2v) is 6.52. The molecule has 1 fully saturated rings. The molecule has 120 valence electrons. The standard InChI is InChI=1S/C17H22BrNO3/c1-2-3-12-22-17(21)19-10-8-14(9-11-19)16(20)13-4-6-15(18)7-5-13/h4-7,14H,2-3,8-12H2,1H3. The van der Waals surface area contributed by atoms with Crippen molar-refractivity contribution in [3.8, 4) is 0 Å². The molecule has 5 heteroatoms. The number of nitrogens with zero attached hydrogens (tertiary/aromatic N) is 1. The Morgan fingerprint density at radius 1 is 1.23 bits per heavy atom. The summed E-state index contributed by atoms with van der Waals surface area (Å²) < 4.78 is 6.18. The van der Waals surface area contributed by atoms with E-state index >= 15 is 0 Å². The van der Waals surface area contributed by atoms with E-state index < -0.39 is 0 Å². The van der Waals surface area contributed by atoms with Crippen molar-refractivity contribution in [2.75, 3.05) is 19.7 Å². The monoisotopic (exact) mass is 367 g/mol. The van der Waals surface area contributed by atoms with Gasteiger partial charge < -0.3 is 9.64 Å². The number of amides is 1. The van der Waals surface area contributed by atoms with Crippen LogP contribution in [0, 0.1) is 5.92 Å². The highest BCUT2D eigenvalue weighted by atomic mass is 79.9. The van der Waals surface area contributed by atoms with Crippen molar-refractivity contribution in [2.45, 2.75) is 32.6 Å². The molecule has 0 aromatic heterocycles. The topological polar surface area (TPSA) is 46.6 Å². The molecule has 0 spiro atoms. The minimum atomic E-state index is -0.247. The SMILES string of the molecule is CCCCOC(=O)N1CCC(C(=O)c2ccc(Br)cc2)CC1. The van der Waals surface area contributed by atoms with Crippen LogP contribution in [0.2, 0.25) is 0 Å². The van der Waals surface area contributed by atoms with Gasteiger partial charge in [-0.05, 0) is 31.4 Å². The van der Waals surface area contributed by atoms with Crippen LogP contribution in [0.1, 0.15) is 43.0 Å². The molecule has 1 aliphatic rings. The number of rotatable bonds is 5. The number of benzene rings is 1. The first kappa shape index (κ1) is 17.0. The first-order valence-electron chi connectivity index (χ1n) is 7.83.